The molecule has 0 spiro atoms. The van der Waals surface area contributed by atoms with Crippen molar-refractivity contribution in [3.63, 3.8) is 0 Å². The van der Waals surface area contributed by atoms with Gasteiger partial charge in [-0.15, -0.1) is 0 Å². The van der Waals surface area contributed by atoms with Gasteiger partial charge in [0.05, 0.1) is 11.8 Å². The minimum absolute atomic E-state index is 0.149. The summed E-state index contributed by atoms with van der Waals surface area (Å²) in [5.41, 5.74) is -0.0537. The highest BCUT2D eigenvalue weighted by atomic mass is 16.4. The lowest BCUT2D eigenvalue weighted by Gasteiger charge is -2.16. The molecular formula is C11H13N3O4. The first-order valence-electron chi connectivity index (χ1n) is 5.50. The third-order valence-electron chi connectivity index (χ3n) is 2.70. The predicted molar refractivity (Wildman–Crippen MR) is 62.4 cm³/mol. The molecule has 2 heterocycles. The molecule has 1 aliphatic rings. The molecule has 1 aromatic heterocycles. The minimum Gasteiger partial charge on any atom is -0.476 e. The zero-order valence-corrected chi connectivity index (χ0v) is 9.54. The number of carboxylic acid groups (broad SMARTS) is 1. The number of rotatable bonds is 2. The summed E-state index contributed by atoms with van der Waals surface area (Å²) >= 11 is 0. The number of anilines is 1. The Bertz CT molecular complexity index is 477. The zero-order chi connectivity index (χ0) is 13.1. The Morgan fingerprint density at radius 3 is 2.89 bits per heavy atom. The van der Waals surface area contributed by atoms with Crippen LogP contribution in [0.3, 0.4) is 0 Å². The fraction of sp³-hybridized carbons (Fsp3) is 0.364. The van der Waals surface area contributed by atoms with Crippen molar-refractivity contribution >= 4 is 17.7 Å². The van der Waals surface area contributed by atoms with E-state index in [0.717, 1.165) is 0 Å². The molecule has 0 aliphatic carbocycles. The number of hydrogen-bond acceptors (Lipinski definition) is 4. The number of aromatic nitrogens is 1. The molecule has 7 nitrogen and oxygen atoms in total. The predicted octanol–water partition coefficient (Wildman–Crippen LogP) is 0.378. The highest BCUT2D eigenvalue weighted by Gasteiger charge is 2.25. The maximum absolute atomic E-state index is 11.8. The summed E-state index contributed by atoms with van der Waals surface area (Å²) in [4.78, 5) is 27.9. The van der Waals surface area contributed by atoms with Gasteiger partial charge in [0.25, 0.3) is 0 Å². The summed E-state index contributed by atoms with van der Waals surface area (Å²) < 4.78 is 0. The molecule has 96 valence electrons. The SMILES string of the molecule is O=C(O)c1ncccc1NC(=O)N1CCC(O)C1. The number of carbonyl (C=O) groups excluding carboxylic acids is 1. The van der Waals surface area contributed by atoms with E-state index in [-0.39, 0.29) is 17.9 Å². The van der Waals surface area contributed by atoms with Crippen LogP contribution < -0.4 is 5.32 Å². The Kier molecular flexibility index (Phi) is 3.42. The summed E-state index contributed by atoms with van der Waals surface area (Å²) in [6.45, 7) is 0.712. The monoisotopic (exact) mass is 251 g/mol. The highest BCUT2D eigenvalue weighted by Crippen LogP contribution is 2.15. The Labute approximate surface area is 103 Å². The van der Waals surface area contributed by atoms with Crippen molar-refractivity contribution < 1.29 is 19.8 Å². The van der Waals surface area contributed by atoms with Crippen LogP contribution in [0.1, 0.15) is 16.9 Å². The van der Waals surface area contributed by atoms with E-state index in [1.165, 1.54) is 17.2 Å². The smallest absolute Gasteiger partial charge is 0.356 e. The third kappa shape index (κ3) is 2.57. The van der Waals surface area contributed by atoms with Gasteiger partial charge < -0.3 is 20.4 Å². The summed E-state index contributed by atoms with van der Waals surface area (Å²) in [6.07, 6.45) is 1.37. The first kappa shape index (κ1) is 12.3. The van der Waals surface area contributed by atoms with Crippen LogP contribution in [0, 0.1) is 0 Å². The van der Waals surface area contributed by atoms with Crippen LogP contribution in [0.4, 0.5) is 10.5 Å². The molecule has 1 aliphatic heterocycles. The van der Waals surface area contributed by atoms with Crippen LogP contribution in [-0.4, -0.2) is 51.3 Å². The average Bonchev–Trinajstić information content (AvgIpc) is 2.76. The first-order valence-corrected chi connectivity index (χ1v) is 5.50. The second-order valence-corrected chi connectivity index (χ2v) is 4.02. The van der Waals surface area contributed by atoms with E-state index in [4.69, 9.17) is 5.11 Å². The lowest BCUT2D eigenvalue weighted by atomic mass is 10.3. The van der Waals surface area contributed by atoms with E-state index >= 15 is 0 Å². The highest BCUT2D eigenvalue weighted by molar-refractivity contribution is 5.98. The van der Waals surface area contributed by atoms with Crippen molar-refractivity contribution in [1.29, 1.82) is 0 Å². The molecule has 0 aromatic carbocycles. The van der Waals surface area contributed by atoms with Crippen LogP contribution in [0.15, 0.2) is 18.3 Å². The van der Waals surface area contributed by atoms with E-state index in [0.29, 0.717) is 13.0 Å². The van der Waals surface area contributed by atoms with E-state index in [2.05, 4.69) is 10.3 Å². The number of nitrogens with one attached hydrogen (secondary N) is 1. The summed E-state index contributed by atoms with van der Waals surface area (Å²) in [5, 5.41) is 20.7. The van der Waals surface area contributed by atoms with Gasteiger partial charge in [-0.2, -0.15) is 0 Å². The van der Waals surface area contributed by atoms with Crippen molar-refractivity contribution in [1.82, 2.24) is 9.88 Å². The van der Waals surface area contributed by atoms with Crippen molar-refractivity contribution in [3.8, 4) is 0 Å². The fourth-order valence-electron chi connectivity index (χ4n) is 1.80. The zero-order valence-electron chi connectivity index (χ0n) is 9.54. The molecule has 1 saturated heterocycles. The van der Waals surface area contributed by atoms with Crippen molar-refractivity contribution in [2.45, 2.75) is 12.5 Å². The van der Waals surface area contributed by atoms with Gasteiger partial charge in [-0.05, 0) is 18.6 Å². The fourth-order valence-corrected chi connectivity index (χ4v) is 1.80. The summed E-state index contributed by atoms with van der Waals surface area (Å²) in [6, 6.07) is 2.59. The van der Waals surface area contributed by atoms with Crippen molar-refractivity contribution in [2.75, 3.05) is 18.4 Å². The molecule has 1 unspecified atom stereocenters. The second kappa shape index (κ2) is 5.01. The third-order valence-corrected chi connectivity index (χ3v) is 2.70. The van der Waals surface area contributed by atoms with Gasteiger partial charge >= 0.3 is 12.0 Å². The average molecular weight is 251 g/mol. The Balaban J connectivity index is 2.09. The molecule has 2 rings (SSSR count). The minimum atomic E-state index is -1.20. The maximum atomic E-state index is 11.8. The Morgan fingerprint density at radius 1 is 1.50 bits per heavy atom. The van der Waals surface area contributed by atoms with E-state index in [1.54, 1.807) is 6.07 Å². The van der Waals surface area contributed by atoms with E-state index in [1.807, 2.05) is 0 Å². The lowest BCUT2D eigenvalue weighted by molar-refractivity contribution is 0.0691. The number of likely N-dealkylation sites (tertiary alicyclic amines) is 1. The van der Waals surface area contributed by atoms with Crippen LogP contribution in [0.5, 0.6) is 0 Å². The number of hydrogen-bond donors (Lipinski definition) is 3. The maximum Gasteiger partial charge on any atom is 0.356 e. The quantitative estimate of drug-likeness (QED) is 0.705. The van der Waals surface area contributed by atoms with E-state index < -0.39 is 18.1 Å². The van der Waals surface area contributed by atoms with Crippen LogP contribution >= 0.6 is 0 Å². The lowest BCUT2D eigenvalue weighted by Crippen LogP contribution is -2.34. The number of aliphatic hydroxyl groups excluding tert-OH is 1. The van der Waals surface area contributed by atoms with Crippen LogP contribution in [-0.2, 0) is 0 Å². The van der Waals surface area contributed by atoms with Gasteiger partial charge in [-0.1, -0.05) is 0 Å². The normalized spacial score (nSPS) is 18.7. The number of nitrogens with zero attached hydrogens (tertiary/aromatic N) is 2. The first-order chi connectivity index (χ1) is 8.58. The van der Waals surface area contributed by atoms with Crippen LogP contribution in [0.2, 0.25) is 0 Å². The molecule has 1 atom stereocenters. The molecule has 0 radical (unpaired) electrons. The number of carboxylic acids is 1. The topological polar surface area (TPSA) is 103 Å². The number of urea groups is 1. The summed E-state index contributed by atoms with van der Waals surface area (Å²) in [7, 11) is 0. The van der Waals surface area contributed by atoms with Crippen LogP contribution in [0.25, 0.3) is 0 Å². The number of amides is 2. The molecule has 0 bridgehead atoms. The standard InChI is InChI=1S/C11H13N3O4/c15-7-3-5-14(6-7)11(18)13-8-2-1-4-12-9(8)10(16)17/h1-2,4,7,15H,3,5-6H2,(H,13,18)(H,16,17). The summed E-state index contributed by atoms with van der Waals surface area (Å²) in [5.74, 6) is -1.20. The molecule has 2 amide bonds. The molecule has 1 fully saturated rings. The number of aromatic carboxylic acids is 1. The van der Waals surface area contributed by atoms with Gasteiger partial charge in [0.1, 0.15) is 0 Å². The van der Waals surface area contributed by atoms with Gasteiger partial charge in [0.2, 0.25) is 0 Å². The van der Waals surface area contributed by atoms with Crippen molar-refractivity contribution in [2.24, 2.45) is 0 Å². The molecule has 7 heteroatoms. The van der Waals surface area contributed by atoms with E-state index in [9.17, 15) is 14.7 Å². The molecule has 18 heavy (non-hydrogen) atoms. The van der Waals surface area contributed by atoms with Gasteiger partial charge in [-0.3, -0.25) is 0 Å². The van der Waals surface area contributed by atoms with Gasteiger partial charge in [0, 0.05) is 19.3 Å². The number of carbonyl (C=O) groups is 2. The molecule has 3 N–H and O–H groups in total. The Morgan fingerprint density at radius 2 is 2.28 bits per heavy atom. The van der Waals surface area contributed by atoms with Gasteiger partial charge in [0.15, 0.2) is 5.69 Å². The molecular weight excluding hydrogens is 238 g/mol. The van der Waals surface area contributed by atoms with Gasteiger partial charge in [-0.25, -0.2) is 14.6 Å². The number of aliphatic hydroxyl groups is 1. The Hall–Kier alpha value is -2.15. The van der Waals surface area contributed by atoms with Crippen molar-refractivity contribution in [3.05, 3.63) is 24.0 Å². The number of β-amino-alcohol motifs (C(OH)–C–C–N with tert-alkyl or cyclic N) is 1. The second-order valence-electron chi connectivity index (χ2n) is 4.02. The molecule has 1 aromatic rings. The number of pyridine rings is 1. The largest absolute Gasteiger partial charge is 0.476 e. The molecule has 0 saturated carbocycles.